The molecule has 150 valence electrons. The summed E-state index contributed by atoms with van der Waals surface area (Å²) in [6.07, 6.45) is -4.17. The van der Waals surface area contributed by atoms with Gasteiger partial charge >= 0.3 is 6.36 Å². The second-order valence-electron chi connectivity index (χ2n) is 7.10. The van der Waals surface area contributed by atoms with Crippen LogP contribution < -0.4 is 9.46 Å². The standard InChI is InChI=1S/C18H22F3NO4S/c1-5-12-8-11-15(25-12)16(17(2,3)4)22-27(23,24)14-9-6-13(7-10-14)26-18(19,20)21/h6-11,16,22H,5H2,1-4H3. The minimum absolute atomic E-state index is 0.173. The highest BCUT2D eigenvalue weighted by Gasteiger charge is 2.34. The molecule has 0 aliphatic rings. The van der Waals surface area contributed by atoms with Crippen LogP contribution in [-0.2, 0) is 16.4 Å². The van der Waals surface area contributed by atoms with Gasteiger partial charge in [0.15, 0.2) is 0 Å². The van der Waals surface area contributed by atoms with Crippen molar-refractivity contribution < 1.29 is 30.7 Å². The van der Waals surface area contributed by atoms with Crippen LogP contribution in [0.3, 0.4) is 0 Å². The number of rotatable bonds is 6. The lowest BCUT2D eigenvalue weighted by Gasteiger charge is -2.29. The molecule has 1 atom stereocenters. The maximum absolute atomic E-state index is 12.7. The first-order chi connectivity index (χ1) is 12.3. The number of hydrogen-bond acceptors (Lipinski definition) is 4. The van der Waals surface area contributed by atoms with Gasteiger partial charge in [0, 0.05) is 6.42 Å². The lowest BCUT2D eigenvalue weighted by atomic mass is 9.86. The van der Waals surface area contributed by atoms with Crippen LogP contribution in [0.2, 0.25) is 0 Å². The molecule has 0 bridgehead atoms. The third-order valence-electron chi connectivity index (χ3n) is 3.82. The van der Waals surface area contributed by atoms with Crippen LogP contribution in [0.15, 0.2) is 45.7 Å². The van der Waals surface area contributed by atoms with Crippen molar-refractivity contribution in [2.75, 3.05) is 0 Å². The van der Waals surface area contributed by atoms with Gasteiger partial charge in [-0.05, 0) is 41.8 Å². The Hall–Kier alpha value is -2.00. The van der Waals surface area contributed by atoms with Gasteiger partial charge in [-0.2, -0.15) is 4.72 Å². The molecule has 2 aromatic rings. The summed E-state index contributed by atoms with van der Waals surface area (Å²) in [5.74, 6) is 0.708. The maximum Gasteiger partial charge on any atom is 0.573 e. The number of alkyl halides is 3. The van der Waals surface area contributed by atoms with Crippen LogP contribution in [-0.4, -0.2) is 14.8 Å². The fraction of sp³-hybridized carbons (Fsp3) is 0.444. The van der Waals surface area contributed by atoms with Crippen molar-refractivity contribution >= 4 is 10.0 Å². The molecule has 9 heteroatoms. The molecule has 1 heterocycles. The van der Waals surface area contributed by atoms with Crippen molar-refractivity contribution in [3.63, 3.8) is 0 Å². The summed E-state index contributed by atoms with van der Waals surface area (Å²) in [5.41, 5.74) is -0.505. The summed E-state index contributed by atoms with van der Waals surface area (Å²) in [4.78, 5) is -0.173. The minimum Gasteiger partial charge on any atom is -0.464 e. The molecule has 27 heavy (non-hydrogen) atoms. The zero-order valence-electron chi connectivity index (χ0n) is 15.4. The lowest BCUT2D eigenvalue weighted by molar-refractivity contribution is -0.274. The fourth-order valence-corrected chi connectivity index (χ4v) is 3.86. The van der Waals surface area contributed by atoms with Gasteiger partial charge in [-0.25, -0.2) is 8.42 Å². The SMILES string of the molecule is CCc1ccc(C(NS(=O)(=O)c2ccc(OC(F)(F)F)cc2)C(C)(C)C)o1. The highest BCUT2D eigenvalue weighted by molar-refractivity contribution is 7.89. The molecule has 0 saturated carbocycles. The predicted molar refractivity (Wildman–Crippen MR) is 93.7 cm³/mol. The first kappa shape index (κ1) is 21.3. The summed E-state index contributed by atoms with van der Waals surface area (Å²) >= 11 is 0. The number of sulfonamides is 1. The molecular formula is C18H22F3NO4S. The highest BCUT2D eigenvalue weighted by Crippen LogP contribution is 2.35. The number of halogens is 3. The van der Waals surface area contributed by atoms with E-state index in [-0.39, 0.29) is 4.90 Å². The van der Waals surface area contributed by atoms with E-state index in [2.05, 4.69) is 9.46 Å². The number of nitrogens with one attached hydrogen (secondary N) is 1. The Morgan fingerprint density at radius 2 is 1.67 bits per heavy atom. The summed E-state index contributed by atoms with van der Waals surface area (Å²) in [6.45, 7) is 7.49. The molecule has 0 radical (unpaired) electrons. The number of hydrogen-bond donors (Lipinski definition) is 1. The second kappa shape index (κ2) is 7.55. The van der Waals surface area contributed by atoms with E-state index in [1.165, 1.54) is 0 Å². The Labute approximate surface area is 156 Å². The van der Waals surface area contributed by atoms with Crippen LogP contribution in [0.25, 0.3) is 0 Å². The Kier molecular flexibility index (Phi) is 5.96. The molecule has 5 nitrogen and oxygen atoms in total. The van der Waals surface area contributed by atoms with Crippen molar-refractivity contribution in [2.24, 2.45) is 5.41 Å². The predicted octanol–water partition coefficient (Wildman–Crippen LogP) is 4.81. The van der Waals surface area contributed by atoms with Crippen LogP contribution in [0, 0.1) is 5.41 Å². The van der Waals surface area contributed by atoms with Gasteiger partial charge in [0.1, 0.15) is 17.3 Å². The van der Waals surface area contributed by atoms with E-state index in [0.29, 0.717) is 12.2 Å². The Morgan fingerprint density at radius 1 is 1.07 bits per heavy atom. The van der Waals surface area contributed by atoms with E-state index in [9.17, 15) is 21.6 Å². The molecule has 0 aliphatic carbocycles. The molecule has 1 aromatic carbocycles. The molecule has 1 N–H and O–H groups in total. The molecule has 1 unspecified atom stereocenters. The van der Waals surface area contributed by atoms with Gasteiger partial charge in [0.05, 0.1) is 10.9 Å². The molecular weight excluding hydrogens is 383 g/mol. The van der Waals surface area contributed by atoms with Crippen LogP contribution in [0.4, 0.5) is 13.2 Å². The summed E-state index contributed by atoms with van der Waals surface area (Å²) in [7, 11) is -4.00. The number of ether oxygens (including phenoxy) is 1. The topological polar surface area (TPSA) is 68.5 Å². The molecule has 0 fully saturated rings. The molecule has 2 rings (SSSR count). The van der Waals surface area contributed by atoms with Crippen LogP contribution in [0.5, 0.6) is 5.75 Å². The lowest BCUT2D eigenvalue weighted by Crippen LogP contribution is -2.36. The Balaban J connectivity index is 2.28. The van der Waals surface area contributed by atoms with E-state index in [4.69, 9.17) is 4.42 Å². The molecule has 0 aliphatic heterocycles. The highest BCUT2D eigenvalue weighted by atomic mass is 32.2. The number of furan rings is 1. The van der Waals surface area contributed by atoms with Crippen molar-refractivity contribution in [1.29, 1.82) is 0 Å². The smallest absolute Gasteiger partial charge is 0.464 e. The van der Waals surface area contributed by atoms with Gasteiger partial charge in [-0.3, -0.25) is 0 Å². The molecule has 0 spiro atoms. The first-order valence-corrected chi connectivity index (χ1v) is 9.77. The van der Waals surface area contributed by atoms with Crippen LogP contribution in [0.1, 0.15) is 45.3 Å². The van der Waals surface area contributed by atoms with E-state index >= 15 is 0 Å². The third-order valence-corrected chi connectivity index (χ3v) is 5.26. The van der Waals surface area contributed by atoms with Gasteiger partial charge in [-0.15, -0.1) is 13.2 Å². The van der Waals surface area contributed by atoms with Crippen molar-refractivity contribution in [1.82, 2.24) is 4.72 Å². The monoisotopic (exact) mass is 405 g/mol. The van der Waals surface area contributed by atoms with Crippen molar-refractivity contribution in [3.05, 3.63) is 47.9 Å². The first-order valence-electron chi connectivity index (χ1n) is 8.28. The summed E-state index contributed by atoms with van der Waals surface area (Å²) in [6, 6.07) is 6.87. The third kappa shape index (κ3) is 5.74. The van der Waals surface area contributed by atoms with Gasteiger partial charge < -0.3 is 9.15 Å². The van der Waals surface area contributed by atoms with E-state index in [1.54, 1.807) is 12.1 Å². The Morgan fingerprint density at radius 3 is 2.11 bits per heavy atom. The average Bonchev–Trinajstić information content (AvgIpc) is 2.99. The normalized spacial score (nSPS) is 14.2. The second-order valence-corrected chi connectivity index (χ2v) is 8.81. The van der Waals surface area contributed by atoms with E-state index in [1.807, 2.05) is 27.7 Å². The quantitative estimate of drug-likeness (QED) is 0.749. The minimum atomic E-state index is -4.84. The van der Waals surface area contributed by atoms with E-state index in [0.717, 1.165) is 30.0 Å². The Bertz CT molecular complexity index is 865. The zero-order valence-corrected chi connectivity index (χ0v) is 16.2. The fourth-order valence-electron chi connectivity index (χ4n) is 2.44. The van der Waals surface area contributed by atoms with Crippen LogP contribution >= 0.6 is 0 Å². The molecule has 1 aromatic heterocycles. The van der Waals surface area contributed by atoms with Gasteiger partial charge in [0.25, 0.3) is 0 Å². The largest absolute Gasteiger partial charge is 0.573 e. The summed E-state index contributed by atoms with van der Waals surface area (Å²) in [5, 5.41) is 0. The molecule has 0 amide bonds. The van der Waals surface area contributed by atoms with Gasteiger partial charge in [-0.1, -0.05) is 27.7 Å². The van der Waals surface area contributed by atoms with E-state index < -0.39 is 33.6 Å². The summed E-state index contributed by atoms with van der Waals surface area (Å²) < 4.78 is 74.2. The van der Waals surface area contributed by atoms with Gasteiger partial charge in [0.2, 0.25) is 10.0 Å². The number of aryl methyl sites for hydroxylation is 1. The average molecular weight is 405 g/mol. The maximum atomic E-state index is 12.7. The zero-order chi connectivity index (χ0) is 20.5. The van der Waals surface area contributed by atoms with Crippen molar-refractivity contribution in [3.8, 4) is 5.75 Å². The number of benzene rings is 1. The van der Waals surface area contributed by atoms with Crippen molar-refractivity contribution in [2.45, 2.75) is 51.4 Å². The molecule has 0 saturated heterocycles.